The highest BCUT2D eigenvalue weighted by Gasteiger charge is 2.35. The number of pyridine rings is 2. The van der Waals surface area contributed by atoms with Gasteiger partial charge in [0.1, 0.15) is 11.7 Å². The number of hydrogen-bond acceptors (Lipinski definition) is 6. The highest BCUT2D eigenvalue weighted by atomic mass is 16.5. The first-order valence-corrected chi connectivity index (χ1v) is 11.8. The highest BCUT2D eigenvalue weighted by molar-refractivity contribution is 6.09. The summed E-state index contributed by atoms with van der Waals surface area (Å²) in [6, 6.07) is 13.0. The van der Waals surface area contributed by atoms with E-state index in [1.165, 1.54) is 18.4 Å². The third kappa shape index (κ3) is 5.59. The molecule has 0 spiro atoms. The van der Waals surface area contributed by atoms with Crippen LogP contribution in [-0.2, 0) is 4.79 Å². The van der Waals surface area contributed by atoms with Crippen molar-refractivity contribution in [1.29, 1.82) is 0 Å². The Hall–Kier alpha value is -3.94. The topological polar surface area (TPSA) is 93.7 Å². The van der Waals surface area contributed by atoms with Gasteiger partial charge in [-0.2, -0.15) is 0 Å². The lowest BCUT2D eigenvalue weighted by molar-refractivity contribution is -0.123. The van der Waals surface area contributed by atoms with Gasteiger partial charge >= 0.3 is 0 Å². The van der Waals surface area contributed by atoms with Crippen molar-refractivity contribution in [2.24, 2.45) is 0 Å². The van der Waals surface area contributed by atoms with Crippen LogP contribution in [-0.4, -0.2) is 42.0 Å². The molecule has 1 aromatic carbocycles. The second-order valence-corrected chi connectivity index (χ2v) is 8.46. The van der Waals surface area contributed by atoms with Gasteiger partial charge in [0.25, 0.3) is 5.91 Å². The van der Waals surface area contributed by atoms with Crippen LogP contribution in [0.15, 0.2) is 67.1 Å². The molecule has 0 saturated heterocycles. The lowest BCUT2D eigenvalue weighted by Crippen LogP contribution is -2.47. The lowest BCUT2D eigenvalue weighted by atomic mass is 9.94. The largest absolute Gasteiger partial charge is 0.493 e. The summed E-state index contributed by atoms with van der Waals surface area (Å²) in [6.45, 7) is 0. The van der Waals surface area contributed by atoms with Gasteiger partial charge in [-0.05, 0) is 54.8 Å². The fraction of sp³-hybridized carbons (Fsp3) is 0.333. The molecule has 1 aliphatic rings. The van der Waals surface area contributed by atoms with Gasteiger partial charge in [-0.3, -0.25) is 24.5 Å². The molecule has 1 N–H and O–H groups in total. The number of nitrogens with one attached hydrogen (secondary N) is 1. The third-order valence-electron chi connectivity index (χ3n) is 6.21. The summed E-state index contributed by atoms with van der Waals surface area (Å²) in [4.78, 5) is 37.6. The van der Waals surface area contributed by atoms with Crippen LogP contribution in [0.4, 0.5) is 5.69 Å². The molecule has 0 bridgehead atoms. The number of aromatic nitrogens is 2. The van der Waals surface area contributed by atoms with Crippen molar-refractivity contribution < 1.29 is 19.1 Å². The minimum atomic E-state index is -0.976. The number of hydrogen-bond donors (Lipinski definition) is 1. The molecule has 8 nitrogen and oxygen atoms in total. The molecule has 2 aromatic heterocycles. The molecule has 3 aromatic rings. The van der Waals surface area contributed by atoms with Crippen LogP contribution in [0.5, 0.6) is 11.5 Å². The number of carbonyl (C=O) groups is 2. The van der Waals surface area contributed by atoms with Gasteiger partial charge in [-0.25, -0.2) is 0 Å². The quantitative estimate of drug-likeness (QED) is 0.522. The third-order valence-corrected chi connectivity index (χ3v) is 6.21. The molecule has 1 atom stereocenters. The van der Waals surface area contributed by atoms with Crippen molar-refractivity contribution in [1.82, 2.24) is 15.3 Å². The van der Waals surface area contributed by atoms with Gasteiger partial charge in [0.2, 0.25) is 5.91 Å². The second-order valence-electron chi connectivity index (χ2n) is 8.46. The maximum absolute atomic E-state index is 13.9. The van der Waals surface area contributed by atoms with Gasteiger partial charge < -0.3 is 14.8 Å². The Morgan fingerprint density at radius 3 is 2.43 bits per heavy atom. The number of ether oxygens (including phenoxy) is 2. The summed E-state index contributed by atoms with van der Waals surface area (Å²) < 4.78 is 10.9. The predicted molar refractivity (Wildman–Crippen MR) is 133 cm³/mol. The highest BCUT2D eigenvalue weighted by Crippen LogP contribution is 2.35. The fourth-order valence-electron chi connectivity index (χ4n) is 4.46. The Balaban J connectivity index is 1.82. The Labute approximate surface area is 205 Å². The van der Waals surface area contributed by atoms with Crippen LogP contribution in [0.3, 0.4) is 0 Å². The summed E-state index contributed by atoms with van der Waals surface area (Å²) in [7, 11) is 3.09. The monoisotopic (exact) mass is 474 g/mol. The van der Waals surface area contributed by atoms with E-state index in [2.05, 4.69) is 15.3 Å². The fourth-order valence-corrected chi connectivity index (χ4v) is 4.46. The van der Waals surface area contributed by atoms with E-state index < -0.39 is 11.9 Å². The van der Waals surface area contributed by atoms with E-state index in [1.54, 1.807) is 74.2 Å². The second kappa shape index (κ2) is 11.5. The molecule has 182 valence electrons. The molecular formula is C27H30N4O4. The van der Waals surface area contributed by atoms with E-state index in [0.717, 1.165) is 25.7 Å². The number of rotatable bonds is 8. The van der Waals surface area contributed by atoms with Crippen molar-refractivity contribution >= 4 is 17.5 Å². The zero-order valence-electron chi connectivity index (χ0n) is 20.0. The normalized spacial score (nSPS) is 14.6. The molecule has 1 fully saturated rings. The summed E-state index contributed by atoms with van der Waals surface area (Å²) in [6.07, 6.45) is 9.92. The molecule has 1 saturated carbocycles. The van der Waals surface area contributed by atoms with Gasteiger partial charge in [0.05, 0.1) is 26.1 Å². The maximum Gasteiger partial charge on any atom is 0.277 e. The molecule has 0 aliphatic heterocycles. The maximum atomic E-state index is 13.9. The van der Waals surface area contributed by atoms with Crippen molar-refractivity contribution in [3.63, 3.8) is 0 Å². The lowest BCUT2D eigenvalue weighted by Gasteiger charge is -2.33. The van der Waals surface area contributed by atoms with E-state index in [-0.39, 0.29) is 17.6 Å². The van der Waals surface area contributed by atoms with E-state index in [0.29, 0.717) is 22.7 Å². The van der Waals surface area contributed by atoms with Crippen molar-refractivity contribution in [2.75, 3.05) is 19.1 Å². The smallest absolute Gasteiger partial charge is 0.277 e. The Morgan fingerprint density at radius 2 is 1.77 bits per heavy atom. The van der Waals surface area contributed by atoms with Crippen molar-refractivity contribution in [3.05, 3.63) is 78.4 Å². The van der Waals surface area contributed by atoms with E-state index in [9.17, 15) is 9.59 Å². The number of methoxy groups -OCH3 is 2. The zero-order valence-corrected chi connectivity index (χ0v) is 20.0. The first-order chi connectivity index (χ1) is 17.1. The van der Waals surface area contributed by atoms with Gasteiger partial charge in [0.15, 0.2) is 11.5 Å². The van der Waals surface area contributed by atoms with Gasteiger partial charge in [-0.15, -0.1) is 0 Å². The Kier molecular flexibility index (Phi) is 7.92. The Morgan fingerprint density at radius 1 is 0.971 bits per heavy atom. The van der Waals surface area contributed by atoms with Crippen LogP contribution in [0.1, 0.15) is 54.2 Å². The van der Waals surface area contributed by atoms with E-state index in [1.807, 2.05) is 0 Å². The minimum absolute atomic E-state index is 0.0691. The van der Waals surface area contributed by atoms with Crippen LogP contribution < -0.4 is 19.7 Å². The zero-order chi connectivity index (χ0) is 24.6. The van der Waals surface area contributed by atoms with Crippen LogP contribution in [0.2, 0.25) is 0 Å². The summed E-state index contributed by atoms with van der Waals surface area (Å²) in [5.41, 5.74) is 1.30. The molecule has 0 radical (unpaired) electrons. The molecular weight excluding hydrogens is 444 g/mol. The van der Waals surface area contributed by atoms with Crippen LogP contribution in [0, 0.1) is 0 Å². The number of benzene rings is 1. The summed E-state index contributed by atoms with van der Waals surface area (Å²) >= 11 is 0. The number of carbonyl (C=O) groups excluding carboxylic acids is 2. The van der Waals surface area contributed by atoms with Gasteiger partial charge in [-0.1, -0.05) is 31.4 Å². The summed E-state index contributed by atoms with van der Waals surface area (Å²) in [5.74, 6) is 0.331. The van der Waals surface area contributed by atoms with Crippen LogP contribution >= 0.6 is 0 Å². The van der Waals surface area contributed by atoms with Crippen molar-refractivity contribution in [3.8, 4) is 11.5 Å². The van der Waals surface area contributed by atoms with Crippen molar-refractivity contribution in [2.45, 2.75) is 44.2 Å². The number of amides is 2. The Bertz CT molecular complexity index is 1130. The molecule has 0 unspecified atom stereocenters. The number of anilines is 1. The number of nitrogens with zero attached hydrogens (tertiary/aromatic N) is 3. The van der Waals surface area contributed by atoms with E-state index in [4.69, 9.17) is 9.47 Å². The predicted octanol–water partition coefficient (Wildman–Crippen LogP) is 4.33. The molecule has 8 heteroatoms. The molecule has 2 heterocycles. The SMILES string of the molecule is COc1ccc([C@@H](C(=O)NC2CCCCC2)N(C(=O)c2ccccn2)c2cccnc2)cc1OC. The molecule has 2 amide bonds. The first-order valence-electron chi connectivity index (χ1n) is 11.8. The molecule has 4 rings (SSSR count). The summed E-state index contributed by atoms with van der Waals surface area (Å²) in [5, 5.41) is 3.19. The average Bonchev–Trinajstić information content (AvgIpc) is 2.92. The van der Waals surface area contributed by atoms with E-state index >= 15 is 0 Å². The standard InChI is InChI=1S/C27H30N4O4/c1-34-23-14-13-19(17-24(23)35-2)25(26(32)30-20-9-4-3-5-10-20)31(21-11-8-15-28-18-21)27(33)22-12-6-7-16-29-22/h6-8,11-18,20,25H,3-5,9-10H2,1-2H3,(H,30,32)/t25-/m0/s1. The first kappa shape index (κ1) is 24.2. The minimum Gasteiger partial charge on any atom is -0.493 e. The molecule has 1 aliphatic carbocycles. The van der Waals surface area contributed by atoms with Gasteiger partial charge in [0, 0.05) is 18.4 Å². The average molecular weight is 475 g/mol. The molecule has 35 heavy (non-hydrogen) atoms. The van der Waals surface area contributed by atoms with Crippen LogP contribution in [0.25, 0.3) is 0 Å².